The van der Waals surface area contributed by atoms with Crippen molar-refractivity contribution in [3.8, 4) is 6.07 Å². The molecule has 0 bridgehead atoms. The van der Waals surface area contributed by atoms with E-state index in [0.29, 0.717) is 6.54 Å². The fourth-order valence-electron chi connectivity index (χ4n) is 2.23. The molecule has 0 aliphatic heterocycles. The standard InChI is InChI=1S/C17H18N2O/c1-12-4-5-14-9-15(7-6-13(14)8-12)17(2,3)11-19-16(20)10-18/h4-9H,11H2,1-3H3,(H,19,20). The van der Waals surface area contributed by atoms with Crippen molar-refractivity contribution in [2.45, 2.75) is 26.2 Å². The smallest absolute Gasteiger partial charge is 0.322 e. The van der Waals surface area contributed by atoms with Crippen molar-refractivity contribution < 1.29 is 4.79 Å². The van der Waals surface area contributed by atoms with Gasteiger partial charge in [-0.25, -0.2) is 0 Å². The second-order valence-corrected chi connectivity index (χ2v) is 5.74. The van der Waals surface area contributed by atoms with Crippen LogP contribution in [0, 0.1) is 18.3 Å². The predicted molar refractivity (Wildman–Crippen MR) is 80.3 cm³/mol. The molecule has 102 valence electrons. The number of amides is 1. The van der Waals surface area contributed by atoms with Crippen LogP contribution in [0.2, 0.25) is 0 Å². The lowest BCUT2D eigenvalue weighted by atomic mass is 9.83. The van der Waals surface area contributed by atoms with Gasteiger partial charge < -0.3 is 5.32 Å². The van der Waals surface area contributed by atoms with E-state index in [-0.39, 0.29) is 5.41 Å². The molecule has 3 heteroatoms. The summed E-state index contributed by atoms with van der Waals surface area (Å²) in [7, 11) is 0. The van der Waals surface area contributed by atoms with Crippen LogP contribution in [0.5, 0.6) is 0 Å². The van der Waals surface area contributed by atoms with E-state index in [4.69, 9.17) is 5.26 Å². The molecule has 2 rings (SSSR count). The van der Waals surface area contributed by atoms with Crippen LogP contribution in [0.4, 0.5) is 0 Å². The van der Waals surface area contributed by atoms with Gasteiger partial charge in [-0.2, -0.15) is 5.26 Å². The molecule has 0 spiro atoms. The Balaban J connectivity index is 2.30. The van der Waals surface area contributed by atoms with Crippen molar-refractivity contribution in [1.82, 2.24) is 5.32 Å². The zero-order valence-corrected chi connectivity index (χ0v) is 12.0. The van der Waals surface area contributed by atoms with E-state index in [1.165, 1.54) is 16.3 Å². The molecule has 0 aromatic heterocycles. The molecular weight excluding hydrogens is 248 g/mol. The lowest BCUT2D eigenvalue weighted by Gasteiger charge is -2.25. The number of nitrogens with one attached hydrogen (secondary N) is 1. The fourth-order valence-corrected chi connectivity index (χ4v) is 2.23. The topological polar surface area (TPSA) is 52.9 Å². The Morgan fingerprint density at radius 1 is 1.20 bits per heavy atom. The van der Waals surface area contributed by atoms with Crippen molar-refractivity contribution in [3.63, 3.8) is 0 Å². The van der Waals surface area contributed by atoms with Gasteiger partial charge in [-0.05, 0) is 23.3 Å². The number of hydrogen-bond acceptors (Lipinski definition) is 2. The maximum absolute atomic E-state index is 11.1. The minimum absolute atomic E-state index is 0.217. The van der Waals surface area contributed by atoms with Crippen molar-refractivity contribution >= 4 is 16.7 Å². The average Bonchev–Trinajstić information content (AvgIpc) is 2.44. The molecule has 0 unspecified atom stereocenters. The van der Waals surface area contributed by atoms with Crippen LogP contribution >= 0.6 is 0 Å². The van der Waals surface area contributed by atoms with E-state index in [1.54, 1.807) is 6.07 Å². The number of carbonyl (C=O) groups is 1. The van der Waals surface area contributed by atoms with Crippen molar-refractivity contribution in [1.29, 1.82) is 5.26 Å². The third-order valence-electron chi connectivity index (χ3n) is 3.57. The molecule has 3 nitrogen and oxygen atoms in total. The SMILES string of the molecule is Cc1ccc2cc(C(C)(C)CNC(=O)C#N)ccc2c1. The van der Waals surface area contributed by atoms with Crippen molar-refractivity contribution in [3.05, 3.63) is 47.5 Å². The Bertz CT molecular complexity index is 696. The highest BCUT2D eigenvalue weighted by molar-refractivity contribution is 5.91. The Labute approximate surface area is 119 Å². The molecule has 2 aromatic carbocycles. The van der Waals surface area contributed by atoms with Gasteiger partial charge in [0.1, 0.15) is 0 Å². The number of nitriles is 1. The van der Waals surface area contributed by atoms with E-state index in [0.717, 1.165) is 5.56 Å². The lowest BCUT2D eigenvalue weighted by Crippen LogP contribution is -2.36. The van der Waals surface area contributed by atoms with Gasteiger partial charge >= 0.3 is 5.91 Å². The quantitative estimate of drug-likeness (QED) is 0.868. The van der Waals surface area contributed by atoms with Gasteiger partial charge in [0.25, 0.3) is 0 Å². The number of rotatable bonds is 3. The highest BCUT2D eigenvalue weighted by Gasteiger charge is 2.21. The summed E-state index contributed by atoms with van der Waals surface area (Å²) in [5, 5.41) is 13.5. The van der Waals surface area contributed by atoms with Gasteiger partial charge in [0, 0.05) is 12.0 Å². The molecule has 0 radical (unpaired) electrons. The van der Waals surface area contributed by atoms with Crippen LogP contribution in [0.3, 0.4) is 0 Å². The number of fused-ring (bicyclic) bond motifs is 1. The second-order valence-electron chi connectivity index (χ2n) is 5.74. The second kappa shape index (κ2) is 5.34. The monoisotopic (exact) mass is 266 g/mol. The van der Waals surface area contributed by atoms with Crippen molar-refractivity contribution in [2.75, 3.05) is 6.54 Å². The van der Waals surface area contributed by atoms with Gasteiger partial charge in [0.15, 0.2) is 6.07 Å². The summed E-state index contributed by atoms with van der Waals surface area (Å²) in [6.07, 6.45) is 0. The van der Waals surface area contributed by atoms with E-state index < -0.39 is 5.91 Å². The molecule has 0 atom stereocenters. The fraction of sp³-hybridized carbons (Fsp3) is 0.294. The summed E-state index contributed by atoms with van der Waals surface area (Å²) in [5.74, 6) is -0.588. The third kappa shape index (κ3) is 2.97. The first kappa shape index (κ1) is 14.1. The maximum atomic E-state index is 11.1. The summed E-state index contributed by atoms with van der Waals surface area (Å²) in [5.41, 5.74) is 2.17. The molecule has 0 aliphatic rings. The molecule has 1 N–H and O–H groups in total. The summed E-state index contributed by atoms with van der Waals surface area (Å²) < 4.78 is 0. The Kier molecular flexibility index (Phi) is 3.76. The van der Waals surface area contributed by atoms with Crippen molar-refractivity contribution in [2.24, 2.45) is 0 Å². The van der Waals surface area contributed by atoms with Crippen LogP contribution in [0.25, 0.3) is 10.8 Å². The van der Waals surface area contributed by atoms with Crippen LogP contribution in [0.15, 0.2) is 36.4 Å². The summed E-state index contributed by atoms with van der Waals surface area (Å²) in [6, 6.07) is 14.3. The first-order valence-corrected chi connectivity index (χ1v) is 6.61. The van der Waals surface area contributed by atoms with Crippen LogP contribution in [0.1, 0.15) is 25.0 Å². The van der Waals surface area contributed by atoms with E-state index in [2.05, 4.69) is 62.5 Å². The number of aryl methyl sites for hydroxylation is 1. The Hall–Kier alpha value is -2.34. The van der Waals surface area contributed by atoms with Gasteiger partial charge in [-0.1, -0.05) is 55.8 Å². The molecule has 2 aromatic rings. The third-order valence-corrected chi connectivity index (χ3v) is 3.57. The van der Waals surface area contributed by atoms with Crippen LogP contribution in [-0.4, -0.2) is 12.5 Å². The summed E-state index contributed by atoms with van der Waals surface area (Å²) in [4.78, 5) is 11.1. The van der Waals surface area contributed by atoms with Crippen LogP contribution in [-0.2, 0) is 10.2 Å². The molecule has 0 fully saturated rings. The normalized spacial score (nSPS) is 11.1. The molecule has 1 amide bonds. The zero-order valence-electron chi connectivity index (χ0n) is 12.0. The number of hydrogen-bond donors (Lipinski definition) is 1. The zero-order chi connectivity index (χ0) is 14.8. The number of benzene rings is 2. The highest BCUT2D eigenvalue weighted by atomic mass is 16.1. The molecule has 0 heterocycles. The van der Waals surface area contributed by atoms with Gasteiger partial charge in [-0.3, -0.25) is 4.79 Å². The van der Waals surface area contributed by atoms with Gasteiger partial charge in [-0.15, -0.1) is 0 Å². The predicted octanol–water partition coefficient (Wildman–Crippen LogP) is 3.07. The van der Waals surface area contributed by atoms with Gasteiger partial charge in [0.2, 0.25) is 0 Å². The van der Waals surface area contributed by atoms with E-state index >= 15 is 0 Å². The largest absolute Gasteiger partial charge is 0.343 e. The lowest BCUT2D eigenvalue weighted by molar-refractivity contribution is -0.116. The highest BCUT2D eigenvalue weighted by Crippen LogP contribution is 2.26. The first-order chi connectivity index (χ1) is 9.42. The Morgan fingerprint density at radius 2 is 1.85 bits per heavy atom. The van der Waals surface area contributed by atoms with Gasteiger partial charge in [0.05, 0.1) is 0 Å². The first-order valence-electron chi connectivity index (χ1n) is 6.61. The molecule has 0 saturated heterocycles. The number of carbonyl (C=O) groups excluding carboxylic acids is 1. The molecule has 0 aliphatic carbocycles. The number of nitrogens with zero attached hydrogens (tertiary/aromatic N) is 1. The van der Waals surface area contributed by atoms with Crippen LogP contribution < -0.4 is 5.32 Å². The summed E-state index contributed by atoms with van der Waals surface area (Å²) >= 11 is 0. The molecule has 20 heavy (non-hydrogen) atoms. The molecule has 0 saturated carbocycles. The Morgan fingerprint density at radius 3 is 2.55 bits per heavy atom. The average molecular weight is 266 g/mol. The van der Waals surface area contributed by atoms with E-state index in [9.17, 15) is 4.79 Å². The summed E-state index contributed by atoms with van der Waals surface area (Å²) in [6.45, 7) is 6.63. The minimum atomic E-state index is -0.588. The van der Waals surface area contributed by atoms with E-state index in [1.807, 2.05) is 0 Å². The minimum Gasteiger partial charge on any atom is -0.343 e. The molecular formula is C17H18N2O. The maximum Gasteiger partial charge on any atom is 0.322 e.